The molecule has 0 N–H and O–H groups in total. The summed E-state index contributed by atoms with van der Waals surface area (Å²) in [7, 11) is 1.38. The highest BCUT2D eigenvalue weighted by molar-refractivity contribution is 6.11. The molecular weight excluding hydrogens is 309 g/mol. The zero-order valence-electron chi connectivity index (χ0n) is 11.5. The van der Waals surface area contributed by atoms with E-state index in [1.54, 1.807) is 0 Å². The molecular formula is C14H12F5NO2. The van der Waals surface area contributed by atoms with Crippen molar-refractivity contribution in [3.63, 3.8) is 0 Å². The first-order valence-electron chi connectivity index (χ1n) is 6.27. The van der Waals surface area contributed by atoms with Gasteiger partial charge in [-0.05, 0) is 0 Å². The van der Waals surface area contributed by atoms with Crippen LogP contribution in [0.5, 0.6) is 0 Å². The number of nitrogens with zero attached hydrogens (tertiary/aromatic N) is 1. The van der Waals surface area contributed by atoms with Crippen molar-refractivity contribution in [3.8, 4) is 0 Å². The van der Waals surface area contributed by atoms with Crippen molar-refractivity contribution in [2.45, 2.75) is 19.1 Å². The normalized spacial score (nSPS) is 12.3. The van der Waals surface area contributed by atoms with Gasteiger partial charge in [-0.2, -0.15) is 13.2 Å². The van der Waals surface area contributed by atoms with Crippen LogP contribution in [0.25, 0.3) is 10.9 Å². The number of hydrogen-bond donors (Lipinski definition) is 0. The maximum Gasteiger partial charge on any atom is 0.454 e. The van der Waals surface area contributed by atoms with E-state index in [2.05, 4.69) is 0 Å². The molecule has 0 bridgehead atoms. The molecule has 2 aromatic rings. The second-order valence-corrected chi connectivity index (χ2v) is 4.60. The monoisotopic (exact) mass is 321 g/mol. The highest BCUT2D eigenvalue weighted by Gasteiger charge is 2.41. The number of ketones is 1. The van der Waals surface area contributed by atoms with Crippen molar-refractivity contribution in [1.29, 1.82) is 0 Å². The molecule has 0 saturated heterocycles. The quantitative estimate of drug-likeness (QED) is 0.616. The zero-order valence-corrected chi connectivity index (χ0v) is 11.5. The fraction of sp³-hybridized carbons (Fsp3) is 0.357. The van der Waals surface area contributed by atoms with Crippen LogP contribution in [-0.2, 0) is 11.3 Å². The van der Waals surface area contributed by atoms with Gasteiger partial charge in [0, 0.05) is 30.8 Å². The molecule has 22 heavy (non-hydrogen) atoms. The Morgan fingerprint density at radius 3 is 2.55 bits per heavy atom. The first-order valence-corrected chi connectivity index (χ1v) is 6.27. The number of benzene rings is 1. The maximum absolute atomic E-state index is 13.1. The number of halogens is 5. The second kappa shape index (κ2) is 6.04. The number of fused-ring (bicyclic) bond motifs is 1. The van der Waals surface area contributed by atoms with Gasteiger partial charge in [-0.1, -0.05) is 18.2 Å². The molecule has 0 unspecified atom stereocenters. The Morgan fingerprint density at radius 2 is 2.00 bits per heavy atom. The summed E-state index contributed by atoms with van der Waals surface area (Å²) < 4.78 is 70.1. The van der Waals surface area contributed by atoms with Crippen LogP contribution >= 0.6 is 0 Å². The van der Waals surface area contributed by atoms with Gasteiger partial charge in [0.1, 0.15) is 0 Å². The summed E-state index contributed by atoms with van der Waals surface area (Å²) in [5, 5.41) is -0.142. The van der Waals surface area contributed by atoms with Crippen molar-refractivity contribution in [3.05, 3.63) is 35.5 Å². The number of methoxy groups -OCH3 is 1. The fourth-order valence-electron chi connectivity index (χ4n) is 2.26. The largest absolute Gasteiger partial charge is 0.454 e. The summed E-state index contributed by atoms with van der Waals surface area (Å²) in [6.45, 7) is 0.170. The van der Waals surface area contributed by atoms with Crippen LogP contribution in [0.3, 0.4) is 0 Å². The fourth-order valence-corrected chi connectivity index (χ4v) is 2.26. The highest BCUT2D eigenvalue weighted by Crippen LogP contribution is 2.33. The Hall–Kier alpha value is -1.96. The average Bonchev–Trinajstić information content (AvgIpc) is 2.81. The molecule has 0 radical (unpaired) electrons. The van der Waals surface area contributed by atoms with Gasteiger partial charge < -0.3 is 9.30 Å². The van der Waals surface area contributed by atoms with Crippen molar-refractivity contribution in [2.75, 3.05) is 13.7 Å². The smallest absolute Gasteiger partial charge is 0.383 e. The van der Waals surface area contributed by atoms with Crippen molar-refractivity contribution >= 4 is 16.7 Å². The predicted molar refractivity (Wildman–Crippen MR) is 69.2 cm³/mol. The van der Waals surface area contributed by atoms with E-state index in [4.69, 9.17) is 4.74 Å². The lowest BCUT2D eigenvalue weighted by molar-refractivity contribution is -0.0884. The minimum Gasteiger partial charge on any atom is -0.383 e. The van der Waals surface area contributed by atoms with Gasteiger partial charge in [0.15, 0.2) is 0 Å². The summed E-state index contributed by atoms with van der Waals surface area (Å²) in [5.41, 5.74) is -1.14. The average molecular weight is 321 g/mol. The Bertz CT molecular complexity index is 690. The van der Waals surface area contributed by atoms with Gasteiger partial charge in [0.05, 0.1) is 17.7 Å². The summed E-state index contributed by atoms with van der Waals surface area (Å²) in [6, 6.07) is 3.55. The standard InChI is InChI=1S/C14H12F5NO2/c1-22-6-5-20-7-10(12(21)14(17,18)19)8-3-2-4-9(11(8)20)13(15)16/h2-4,7,13H,5-6H2,1H3. The number of hydrogen-bond acceptors (Lipinski definition) is 2. The molecule has 3 nitrogen and oxygen atoms in total. The molecule has 0 saturated carbocycles. The molecule has 120 valence electrons. The lowest BCUT2D eigenvalue weighted by atomic mass is 10.1. The van der Waals surface area contributed by atoms with E-state index in [-0.39, 0.29) is 24.1 Å². The van der Waals surface area contributed by atoms with E-state index in [1.165, 1.54) is 23.8 Å². The Kier molecular flexibility index (Phi) is 4.50. The molecule has 0 amide bonds. The summed E-state index contributed by atoms with van der Waals surface area (Å²) in [5.74, 6) is -2.06. The molecule has 0 atom stereocenters. The third-order valence-electron chi connectivity index (χ3n) is 3.20. The zero-order chi connectivity index (χ0) is 16.5. The topological polar surface area (TPSA) is 31.2 Å². The van der Waals surface area contributed by atoms with Crippen LogP contribution in [0.4, 0.5) is 22.0 Å². The van der Waals surface area contributed by atoms with Crippen LogP contribution in [0.1, 0.15) is 22.3 Å². The Labute approximate surface area is 122 Å². The van der Waals surface area contributed by atoms with E-state index in [9.17, 15) is 26.7 Å². The molecule has 0 aliphatic carbocycles. The van der Waals surface area contributed by atoms with Crippen LogP contribution in [0.15, 0.2) is 24.4 Å². The molecule has 0 aliphatic heterocycles. The third kappa shape index (κ3) is 2.96. The minimum atomic E-state index is -5.07. The third-order valence-corrected chi connectivity index (χ3v) is 3.20. The first kappa shape index (κ1) is 16.4. The van der Waals surface area contributed by atoms with Crippen LogP contribution < -0.4 is 0 Å². The number of Topliss-reactive ketones (excluding diaryl/α,β-unsaturated/α-hetero) is 1. The van der Waals surface area contributed by atoms with E-state index in [0.717, 1.165) is 12.3 Å². The Balaban J connectivity index is 2.69. The first-order chi connectivity index (χ1) is 10.3. The van der Waals surface area contributed by atoms with Crippen LogP contribution in [0, 0.1) is 0 Å². The Morgan fingerprint density at radius 1 is 1.32 bits per heavy atom. The maximum atomic E-state index is 13.1. The van der Waals surface area contributed by atoms with Crippen LogP contribution in [-0.4, -0.2) is 30.2 Å². The van der Waals surface area contributed by atoms with Gasteiger partial charge in [-0.25, -0.2) is 8.78 Å². The number of carbonyl (C=O) groups excluding carboxylic acids is 1. The number of rotatable bonds is 5. The van der Waals surface area contributed by atoms with Crippen molar-refractivity contribution < 1.29 is 31.5 Å². The lowest BCUT2D eigenvalue weighted by Crippen LogP contribution is -2.22. The van der Waals surface area contributed by atoms with E-state index < -0.39 is 29.5 Å². The highest BCUT2D eigenvalue weighted by atomic mass is 19.4. The van der Waals surface area contributed by atoms with Gasteiger partial charge in [0.2, 0.25) is 0 Å². The molecule has 1 aromatic carbocycles. The number of carbonyl (C=O) groups is 1. The van der Waals surface area contributed by atoms with E-state index in [0.29, 0.717) is 0 Å². The van der Waals surface area contributed by atoms with Crippen LogP contribution in [0.2, 0.25) is 0 Å². The molecule has 1 aromatic heterocycles. The van der Waals surface area contributed by atoms with Gasteiger partial charge >= 0.3 is 6.18 Å². The van der Waals surface area contributed by atoms with Crippen molar-refractivity contribution in [2.24, 2.45) is 0 Å². The number of alkyl halides is 5. The molecule has 8 heteroatoms. The number of aromatic nitrogens is 1. The molecule has 0 spiro atoms. The second-order valence-electron chi connectivity index (χ2n) is 4.60. The van der Waals surface area contributed by atoms with E-state index in [1.807, 2.05) is 0 Å². The summed E-state index contributed by atoms with van der Waals surface area (Å²) in [6.07, 6.45) is -6.99. The van der Waals surface area contributed by atoms with Gasteiger partial charge in [0.25, 0.3) is 12.2 Å². The molecule has 0 fully saturated rings. The minimum absolute atomic E-state index is 0.0574. The molecule has 2 rings (SSSR count). The van der Waals surface area contributed by atoms with E-state index >= 15 is 0 Å². The number of ether oxygens (including phenoxy) is 1. The lowest BCUT2D eigenvalue weighted by Gasteiger charge is -2.08. The predicted octanol–water partition coefficient (Wildman–Crippen LogP) is 3.97. The summed E-state index contributed by atoms with van der Waals surface area (Å²) in [4.78, 5) is 11.5. The number of para-hydroxylation sites is 1. The van der Waals surface area contributed by atoms with Crippen molar-refractivity contribution in [1.82, 2.24) is 4.57 Å². The SMILES string of the molecule is COCCn1cc(C(=O)C(F)(F)F)c2cccc(C(F)F)c21. The van der Waals surface area contributed by atoms with Gasteiger partial charge in [-0.3, -0.25) is 4.79 Å². The molecule has 1 heterocycles. The summed E-state index contributed by atoms with van der Waals surface area (Å²) >= 11 is 0. The van der Waals surface area contributed by atoms with Gasteiger partial charge in [-0.15, -0.1) is 0 Å². The molecule has 0 aliphatic rings.